The second-order valence-corrected chi connectivity index (χ2v) is 5.50. The van der Waals surface area contributed by atoms with Crippen LogP contribution in [0.15, 0.2) is 28.7 Å². The van der Waals surface area contributed by atoms with Crippen LogP contribution in [0.25, 0.3) is 0 Å². The van der Waals surface area contributed by atoms with Crippen molar-refractivity contribution in [1.29, 1.82) is 0 Å². The van der Waals surface area contributed by atoms with Gasteiger partial charge < -0.3 is 4.90 Å². The van der Waals surface area contributed by atoms with Gasteiger partial charge in [-0.1, -0.05) is 41.9 Å². The Balaban J connectivity index is 2.67. The van der Waals surface area contributed by atoms with Crippen LogP contribution in [-0.2, 0) is 0 Å². The lowest BCUT2D eigenvalue weighted by molar-refractivity contribution is 0.313. The minimum absolute atomic E-state index is 0.612. The number of benzene rings is 1. The summed E-state index contributed by atoms with van der Waals surface area (Å²) in [5, 5.41) is 0. The van der Waals surface area contributed by atoms with Crippen molar-refractivity contribution in [2.45, 2.75) is 19.8 Å². The van der Waals surface area contributed by atoms with Crippen molar-refractivity contribution in [2.24, 2.45) is 5.92 Å². The van der Waals surface area contributed by atoms with Gasteiger partial charge in [-0.25, -0.2) is 0 Å². The molecule has 0 fully saturated rings. The van der Waals surface area contributed by atoms with Gasteiger partial charge in [0.25, 0.3) is 0 Å². The third kappa shape index (κ3) is 3.96. The van der Waals surface area contributed by atoms with Gasteiger partial charge >= 0.3 is 0 Å². The summed E-state index contributed by atoms with van der Waals surface area (Å²) in [5.41, 5.74) is 1.42. The Morgan fingerprint density at radius 1 is 1.13 bits per heavy atom. The molecule has 0 radical (unpaired) electrons. The molecule has 0 N–H and O–H groups in total. The van der Waals surface area contributed by atoms with Crippen molar-refractivity contribution in [3.8, 4) is 0 Å². The molecule has 0 saturated carbocycles. The van der Waals surface area contributed by atoms with Crippen molar-refractivity contribution in [3.63, 3.8) is 0 Å². The van der Waals surface area contributed by atoms with Crippen molar-refractivity contribution in [2.75, 3.05) is 20.6 Å². The zero-order valence-corrected chi connectivity index (χ0v) is 11.6. The van der Waals surface area contributed by atoms with Crippen LogP contribution >= 0.6 is 15.9 Å². The average molecular weight is 270 g/mol. The topological polar surface area (TPSA) is 3.24 Å². The van der Waals surface area contributed by atoms with Gasteiger partial charge in [-0.2, -0.15) is 0 Å². The van der Waals surface area contributed by atoms with Gasteiger partial charge in [-0.15, -0.1) is 0 Å². The van der Waals surface area contributed by atoms with E-state index in [9.17, 15) is 0 Å². The highest BCUT2D eigenvalue weighted by molar-refractivity contribution is 9.10. The van der Waals surface area contributed by atoms with Crippen LogP contribution in [0, 0.1) is 5.92 Å². The van der Waals surface area contributed by atoms with Crippen LogP contribution in [0.3, 0.4) is 0 Å². The highest BCUT2D eigenvalue weighted by atomic mass is 79.9. The van der Waals surface area contributed by atoms with Crippen LogP contribution in [0.1, 0.15) is 25.3 Å². The van der Waals surface area contributed by atoms with E-state index in [1.165, 1.54) is 5.56 Å². The summed E-state index contributed by atoms with van der Waals surface area (Å²) in [6, 6.07) is 8.66. The highest BCUT2D eigenvalue weighted by Crippen LogP contribution is 2.25. The normalized spacial score (nSPS) is 15.3. The maximum atomic E-state index is 3.46. The van der Waals surface area contributed by atoms with Crippen LogP contribution < -0.4 is 0 Å². The van der Waals surface area contributed by atoms with Crippen molar-refractivity contribution < 1.29 is 0 Å². The lowest BCUT2D eigenvalue weighted by Gasteiger charge is -2.23. The molecule has 2 heteroatoms. The van der Waals surface area contributed by atoms with Gasteiger partial charge in [0, 0.05) is 11.0 Å². The Kier molecular flexibility index (Phi) is 4.81. The molecule has 0 bridgehead atoms. The van der Waals surface area contributed by atoms with Gasteiger partial charge in [0.1, 0.15) is 0 Å². The molecule has 0 aliphatic heterocycles. The van der Waals surface area contributed by atoms with E-state index < -0.39 is 0 Å². The predicted octanol–water partition coefficient (Wildman–Crippen LogP) is 3.75. The van der Waals surface area contributed by atoms with Gasteiger partial charge in [-0.3, -0.25) is 0 Å². The molecule has 0 aliphatic carbocycles. The van der Waals surface area contributed by atoms with Crippen molar-refractivity contribution in [1.82, 2.24) is 4.90 Å². The van der Waals surface area contributed by atoms with E-state index >= 15 is 0 Å². The van der Waals surface area contributed by atoms with E-state index in [0.717, 1.165) is 11.0 Å². The third-order valence-corrected chi connectivity index (χ3v) is 3.43. The van der Waals surface area contributed by atoms with Gasteiger partial charge in [0.2, 0.25) is 0 Å². The minimum atomic E-state index is 0.612. The standard InChI is InChI=1S/C13H20BrN/c1-10(9-15(3)4)11(2)12-5-7-13(14)8-6-12/h5-8,10-11H,9H2,1-4H3/t10-,11+/m1/s1. The summed E-state index contributed by atoms with van der Waals surface area (Å²) >= 11 is 3.46. The zero-order valence-electron chi connectivity index (χ0n) is 10.00. The summed E-state index contributed by atoms with van der Waals surface area (Å²) in [7, 11) is 4.26. The van der Waals surface area contributed by atoms with Crippen LogP contribution in [-0.4, -0.2) is 25.5 Å². The molecule has 84 valence electrons. The largest absolute Gasteiger partial charge is 0.309 e. The molecule has 0 amide bonds. The average Bonchev–Trinajstić information content (AvgIpc) is 2.17. The Hall–Kier alpha value is -0.340. The van der Waals surface area contributed by atoms with Crippen LogP contribution in [0.4, 0.5) is 0 Å². The Bertz CT molecular complexity index is 292. The fraction of sp³-hybridized carbons (Fsp3) is 0.538. The van der Waals surface area contributed by atoms with E-state index in [4.69, 9.17) is 0 Å². The first-order chi connectivity index (χ1) is 7.00. The lowest BCUT2D eigenvalue weighted by atomic mass is 9.89. The number of hydrogen-bond donors (Lipinski definition) is 0. The van der Waals surface area contributed by atoms with Crippen molar-refractivity contribution in [3.05, 3.63) is 34.3 Å². The molecule has 1 aromatic carbocycles. The molecule has 1 aromatic rings. The zero-order chi connectivity index (χ0) is 11.4. The summed E-state index contributed by atoms with van der Waals surface area (Å²) in [4.78, 5) is 2.25. The first-order valence-corrected chi connectivity index (χ1v) is 6.20. The fourth-order valence-corrected chi connectivity index (χ4v) is 2.09. The van der Waals surface area contributed by atoms with Crippen molar-refractivity contribution >= 4 is 15.9 Å². The van der Waals surface area contributed by atoms with E-state index in [1.54, 1.807) is 0 Å². The Morgan fingerprint density at radius 2 is 1.67 bits per heavy atom. The molecular weight excluding hydrogens is 250 g/mol. The lowest BCUT2D eigenvalue weighted by Crippen LogP contribution is -2.23. The molecule has 15 heavy (non-hydrogen) atoms. The SMILES string of the molecule is C[C@H](CN(C)C)[C@H](C)c1ccc(Br)cc1. The maximum absolute atomic E-state index is 3.46. The maximum Gasteiger partial charge on any atom is 0.0175 e. The molecule has 0 heterocycles. The predicted molar refractivity (Wildman–Crippen MR) is 70.3 cm³/mol. The summed E-state index contributed by atoms with van der Waals surface area (Å²) < 4.78 is 1.15. The Morgan fingerprint density at radius 3 is 2.13 bits per heavy atom. The van der Waals surface area contributed by atoms with Gasteiger partial charge in [0.15, 0.2) is 0 Å². The molecule has 0 spiro atoms. The smallest absolute Gasteiger partial charge is 0.0175 e. The minimum Gasteiger partial charge on any atom is -0.309 e. The molecular formula is C13H20BrN. The quantitative estimate of drug-likeness (QED) is 0.805. The molecule has 0 aromatic heterocycles. The molecule has 1 nitrogen and oxygen atoms in total. The fourth-order valence-electron chi connectivity index (χ4n) is 1.83. The van der Waals surface area contributed by atoms with E-state index in [1.807, 2.05) is 0 Å². The third-order valence-electron chi connectivity index (χ3n) is 2.90. The first kappa shape index (κ1) is 12.7. The summed E-state index contributed by atoms with van der Waals surface area (Å²) in [5.74, 6) is 1.29. The molecule has 2 atom stereocenters. The second kappa shape index (κ2) is 5.66. The second-order valence-electron chi connectivity index (χ2n) is 4.58. The molecule has 0 saturated heterocycles. The summed E-state index contributed by atoms with van der Waals surface area (Å²) in [6.45, 7) is 5.75. The highest BCUT2D eigenvalue weighted by Gasteiger charge is 2.14. The number of nitrogens with zero attached hydrogens (tertiary/aromatic N) is 1. The van der Waals surface area contributed by atoms with Gasteiger partial charge in [-0.05, 0) is 43.6 Å². The number of halogens is 1. The molecule has 0 aliphatic rings. The monoisotopic (exact) mass is 269 g/mol. The van der Waals surface area contributed by atoms with Gasteiger partial charge in [0.05, 0.1) is 0 Å². The molecule has 1 rings (SSSR count). The number of hydrogen-bond acceptors (Lipinski definition) is 1. The van der Waals surface area contributed by atoms with E-state index in [2.05, 4.69) is 73.0 Å². The van der Waals surface area contributed by atoms with Crippen LogP contribution in [0.5, 0.6) is 0 Å². The van der Waals surface area contributed by atoms with E-state index in [0.29, 0.717) is 11.8 Å². The Labute approximate surface area is 102 Å². The van der Waals surface area contributed by atoms with Crippen LogP contribution in [0.2, 0.25) is 0 Å². The molecule has 0 unspecified atom stereocenters. The van der Waals surface area contributed by atoms with E-state index in [-0.39, 0.29) is 0 Å². The first-order valence-electron chi connectivity index (χ1n) is 5.41. The number of rotatable bonds is 4. The summed E-state index contributed by atoms with van der Waals surface area (Å²) in [6.07, 6.45) is 0.